The Kier molecular flexibility index (Phi) is 3.62. The van der Waals surface area contributed by atoms with Gasteiger partial charge in [0.15, 0.2) is 0 Å². The third kappa shape index (κ3) is 2.68. The van der Waals surface area contributed by atoms with Crippen LogP contribution in [0.2, 0.25) is 0 Å². The van der Waals surface area contributed by atoms with Crippen molar-refractivity contribution in [2.24, 2.45) is 0 Å². The smallest absolute Gasteiger partial charge is 0.275 e. The summed E-state index contributed by atoms with van der Waals surface area (Å²) in [7, 11) is 0. The van der Waals surface area contributed by atoms with Gasteiger partial charge in [-0.25, -0.2) is 4.98 Å². The van der Waals surface area contributed by atoms with Gasteiger partial charge in [0.2, 0.25) is 0 Å². The second-order valence-corrected chi connectivity index (χ2v) is 5.04. The maximum absolute atomic E-state index is 11.9. The predicted octanol–water partition coefficient (Wildman–Crippen LogP) is 2.85. The molecule has 5 heteroatoms. The molecule has 0 spiro atoms. The molecule has 0 radical (unpaired) electrons. The fourth-order valence-electron chi connectivity index (χ4n) is 1.66. The summed E-state index contributed by atoms with van der Waals surface area (Å²) in [6, 6.07) is 5.56. The molecule has 2 rings (SSSR count). The Morgan fingerprint density at radius 2 is 2.28 bits per heavy atom. The summed E-state index contributed by atoms with van der Waals surface area (Å²) in [4.78, 5) is 16.0. The zero-order valence-corrected chi connectivity index (χ0v) is 11.2. The normalized spacial score (nSPS) is 10.3. The molecule has 0 saturated carbocycles. The number of nitrogens with zero attached hydrogens (tertiary/aromatic N) is 1. The molecule has 4 nitrogen and oxygen atoms in total. The van der Waals surface area contributed by atoms with Crippen molar-refractivity contribution in [2.75, 3.05) is 11.1 Å². The molecular formula is C13H15N3OS. The molecule has 1 aromatic heterocycles. The monoisotopic (exact) mass is 261 g/mol. The summed E-state index contributed by atoms with van der Waals surface area (Å²) in [6.45, 7) is 3.91. The van der Waals surface area contributed by atoms with Crippen LogP contribution in [0, 0.1) is 6.92 Å². The largest absolute Gasteiger partial charge is 0.398 e. The van der Waals surface area contributed by atoms with Gasteiger partial charge in [-0.05, 0) is 31.0 Å². The van der Waals surface area contributed by atoms with Crippen molar-refractivity contribution in [2.45, 2.75) is 20.3 Å². The average molecular weight is 261 g/mol. The van der Waals surface area contributed by atoms with Crippen LogP contribution in [-0.4, -0.2) is 10.9 Å². The van der Waals surface area contributed by atoms with Gasteiger partial charge in [0.1, 0.15) is 5.69 Å². The Morgan fingerprint density at radius 1 is 1.50 bits per heavy atom. The van der Waals surface area contributed by atoms with E-state index in [1.165, 1.54) is 11.3 Å². The van der Waals surface area contributed by atoms with Crippen molar-refractivity contribution in [3.63, 3.8) is 0 Å². The van der Waals surface area contributed by atoms with Crippen molar-refractivity contribution in [3.05, 3.63) is 39.8 Å². The van der Waals surface area contributed by atoms with E-state index in [2.05, 4.69) is 10.3 Å². The molecule has 0 aliphatic carbocycles. The number of nitrogens with two attached hydrogens (primary N) is 1. The third-order valence-electron chi connectivity index (χ3n) is 2.64. The summed E-state index contributed by atoms with van der Waals surface area (Å²) in [5.74, 6) is -0.206. The van der Waals surface area contributed by atoms with E-state index < -0.39 is 0 Å². The lowest BCUT2D eigenvalue weighted by Gasteiger charge is -2.07. The van der Waals surface area contributed by atoms with Crippen LogP contribution < -0.4 is 11.1 Å². The summed E-state index contributed by atoms with van der Waals surface area (Å²) in [6.07, 6.45) is 0.880. The van der Waals surface area contributed by atoms with Gasteiger partial charge in [0.25, 0.3) is 5.91 Å². The molecule has 1 aromatic carbocycles. The highest BCUT2D eigenvalue weighted by molar-refractivity contribution is 7.09. The minimum Gasteiger partial charge on any atom is -0.398 e. The average Bonchev–Trinajstić information content (AvgIpc) is 2.76. The molecule has 18 heavy (non-hydrogen) atoms. The minimum atomic E-state index is -0.206. The van der Waals surface area contributed by atoms with E-state index in [1.54, 1.807) is 11.4 Å². The lowest BCUT2D eigenvalue weighted by molar-refractivity contribution is 0.102. The first-order chi connectivity index (χ1) is 8.60. The zero-order chi connectivity index (χ0) is 13.1. The van der Waals surface area contributed by atoms with E-state index in [0.717, 1.165) is 17.0 Å². The number of carbonyl (C=O) groups excluding carboxylic acids is 1. The molecule has 3 N–H and O–H groups in total. The second kappa shape index (κ2) is 5.18. The number of aryl methyl sites for hydroxylation is 2. The van der Waals surface area contributed by atoms with Crippen LogP contribution in [0.25, 0.3) is 0 Å². The molecule has 2 aromatic rings. The molecule has 0 saturated heterocycles. The van der Waals surface area contributed by atoms with Crippen LogP contribution in [0.15, 0.2) is 23.6 Å². The molecule has 94 valence electrons. The summed E-state index contributed by atoms with van der Waals surface area (Å²) in [5.41, 5.74) is 8.80. The first-order valence-corrected chi connectivity index (χ1v) is 6.60. The second-order valence-electron chi connectivity index (χ2n) is 3.97. The number of hydrogen-bond donors (Lipinski definition) is 2. The van der Waals surface area contributed by atoms with Gasteiger partial charge in [0, 0.05) is 16.8 Å². The standard InChI is InChI=1S/C13H15N3OS/c1-3-9-4-5-10(6-11(9)14)16-13(17)12-7-18-8(2)15-12/h4-7H,3,14H2,1-2H3,(H,16,17). The molecule has 0 fully saturated rings. The molecule has 0 bridgehead atoms. The summed E-state index contributed by atoms with van der Waals surface area (Å²) >= 11 is 1.46. The number of nitrogens with one attached hydrogen (secondary N) is 1. The van der Waals surface area contributed by atoms with Crippen LogP contribution >= 0.6 is 11.3 Å². The minimum absolute atomic E-state index is 0.206. The van der Waals surface area contributed by atoms with Crippen LogP contribution in [0.3, 0.4) is 0 Å². The van der Waals surface area contributed by atoms with Gasteiger partial charge >= 0.3 is 0 Å². The molecular weight excluding hydrogens is 246 g/mol. The fourth-order valence-corrected chi connectivity index (χ4v) is 2.25. The number of aromatic nitrogens is 1. The molecule has 1 heterocycles. The number of hydrogen-bond acceptors (Lipinski definition) is 4. The van der Waals surface area contributed by atoms with Gasteiger partial charge in [-0.15, -0.1) is 11.3 Å². The predicted molar refractivity (Wildman–Crippen MR) is 75.0 cm³/mol. The van der Waals surface area contributed by atoms with Gasteiger partial charge in [-0.2, -0.15) is 0 Å². The number of nitrogen functional groups attached to an aromatic ring is 1. The number of carbonyl (C=O) groups is 1. The van der Waals surface area contributed by atoms with E-state index >= 15 is 0 Å². The van der Waals surface area contributed by atoms with Crippen molar-refractivity contribution in [1.82, 2.24) is 4.98 Å². The first-order valence-electron chi connectivity index (χ1n) is 5.72. The number of thiazole rings is 1. The van der Waals surface area contributed by atoms with Crippen LogP contribution in [0.4, 0.5) is 11.4 Å². The highest BCUT2D eigenvalue weighted by atomic mass is 32.1. The Morgan fingerprint density at radius 3 is 2.83 bits per heavy atom. The van der Waals surface area contributed by atoms with Crippen LogP contribution in [0.5, 0.6) is 0 Å². The van der Waals surface area contributed by atoms with E-state index in [-0.39, 0.29) is 5.91 Å². The van der Waals surface area contributed by atoms with E-state index in [1.807, 2.05) is 26.0 Å². The Balaban J connectivity index is 2.14. The van der Waals surface area contributed by atoms with Crippen molar-refractivity contribution < 1.29 is 4.79 Å². The Bertz CT molecular complexity index is 577. The third-order valence-corrected chi connectivity index (χ3v) is 3.41. The van der Waals surface area contributed by atoms with Crippen molar-refractivity contribution in [1.29, 1.82) is 0 Å². The molecule has 0 aliphatic rings. The Hall–Kier alpha value is -1.88. The van der Waals surface area contributed by atoms with Crippen LogP contribution in [0.1, 0.15) is 28.0 Å². The highest BCUT2D eigenvalue weighted by Crippen LogP contribution is 2.19. The lowest BCUT2D eigenvalue weighted by Crippen LogP contribution is -2.12. The molecule has 1 amide bonds. The maximum atomic E-state index is 11.9. The van der Waals surface area contributed by atoms with E-state index in [9.17, 15) is 4.79 Å². The lowest BCUT2D eigenvalue weighted by atomic mass is 10.1. The van der Waals surface area contributed by atoms with Crippen LogP contribution in [-0.2, 0) is 6.42 Å². The quantitative estimate of drug-likeness (QED) is 0.835. The number of benzene rings is 1. The molecule has 0 aliphatic heterocycles. The Labute approximate surface area is 110 Å². The molecule has 0 atom stereocenters. The van der Waals surface area contributed by atoms with E-state index in [4.69, 9.17) is 5.73 Å². The first kappa shape index (κ1) is 12.6. The van der Waals surface area contributed by atoms with Crippen molar-refractivity contribution in [3.8, 4) is 0 Å². The SMILES string of the molecule is CCc1ccc(NC(=O)c2csc(C)n2)cc1N. The van der Waals surface area contributed by atoms with Crippen molar-refractivity contribution >= 4 is 28.6 Å². The summed E-state index contributed by atoms with van der Waals surface area (Å²) < 4.78 is 0. The summed E-state index contributed by atoms with van der Waals surface area (Å²) in [5, 5.41) is 5.41. The number of rotatable bonds is 3. The topological polar surface area (TPSA) is 68.0 Å². The molecule has 0 unspecified atom stereocenters. The zero-order valence-electron chi connectivity index (χ0n) is 10.4. The number of anilines is 2. The van der Waals surface area contributed by atoms with Gasteiger partial charge in [-0.1, -0.05) is 13.0 Å². The van der Waals surface area contributed by atoms with E-state index in [0.29, 0.717) is 17.1 Å². The highest BCUT2D eigenvalue weighted by Gasteiger charge is 2.10. The van der Waals surface area contributed by atoms with Gasteiger partial charge < -0.3 is 11.1 Å². The van der Waals surface area contributed by atoms with Gasteiger partial charge in [-0.3, -0.25) is 4.79 Å². The maximum Gasteiger partial charge on any atom is 0.275 e. The number of amides is 1. The fraction of sp³-hybridized carbons (Fsp3) is 0.231. The van der Waals surface area contributed by atoms with Gasteiger partial charge in [0.05, 0.1) is 5.01 Å².